The Morgan fingerprint density at radius 1 is 1.69 bits per heavy atom. The molecule has 1 aromatic heterocycles. The highest BCUT2D eigenvalue weighted by Crippen LogP contribution is 2.05. The second kappa shape index (κ2) is 4.21. The van der Waals surface area contributed by atoms with Crippen molar-refractivity contribution in [3.05, 3.63) is 24.0 Å². The molecule has 0 aromatic carbocycles. The van der Waals surface area contributed by atoms with E-state index >= 15 is 0 Å². The minimum Gasteiger partial charge on any atom is -0.353 e. The SMILES string of the molecule is CC(=O)c1ccn(CCC(C)F)c1. The van der Waals surface area contributed by atoms with Gasteiger partial charge in [0.1, 0.15) is 0 Å². The Hall–Kier alpha value is -1.12. The molecule has 72 valence electrons. The Bertz CT molecular complexity index is 291. The maximum atomic E-state index is 12.5. The lowest BCUT2D eigenvalue weighted by Crippen LogP contribution is -2.01. The normalized spacial score (nSPS) is 12.8. The summed E-state index contributed by atoms with van der Waals surface area (Å²) in [6.07, 6.45) is 3.26. The zero-order valence-electron chi connectivity index (χ0n) is 7.96. The summed E-state index contributed by atoms with van der Waals surface area (Å²) in [5.41, 5.74) is 0.687. The van der Waals surface area contributed by atoms with Crippen molar-refractivity contribution in [3.63, 3.8) is 0 Å². The van der Waals surface area contributed by atoms with Crippen LogP contribution < -0.4 is 0 Å². The lowest BCUT2D eigenvalue weighted by molar-refractivity contribution is 0.101. The second-order valence-electron chi connectivity index (χ2n) is 3.26. The summed E-state index contributed by atoms with van der Waals surface area (Å²) < 4.78 is 14.3. The summed E-state index contributed by atoms with van der Waals surface area (Å²) in [6.45, 7) is 3.69. The van der Waals surface area contributed by atoms with E-state index in [1.54, 1.807) is 18.5 Å². The van der Waals surface area contributed by atoms with Crippen molar-refractivity contribution in [2.75, 3.05) is 0 Å². The number of aromatic nitrogens is 1. The van der Waals surface area contributed by atoms with Crippen LogP contribution in [0.1, 0.15) is 30.6 Å². The third-order valence-corrected chi connectivity index (χ3v) is 1.94. The van der Waals surface area contributed by atoms with E-state index in [1.807, 2.05) is 4.57 Å². The zero-order valence-corrected chi connectivity index (χ0v) is 7.96. The Labute approximate surface area is 77.4 Å². The molecule has 0 fully saturated rings. The molecular formula is C10H14FNO. The van der Waals surface area contributed by atoms with Gasteiger partial charge < -0.3 is 4.57 Å². The summed E-state index contributed by atoms with van der Waals surface area (Å²) in [4.78, 5) is 10.9. The summed E-state index contributed by atoms with van der Waals surface area (Å²) in [7, 11) is 0. The largest absolute Gasteiger partial charge is 0.353 e. The molecule has 2 nitrogen and oxygen atoms in total. The number of hydrogen-bond acceptors (Lipinski definition) is 1. The molecule has 1 atom stereocenters. The van der Waals surface area contributed by atoms with Crippen LogP contribution in [0.25, 0.3) is 0 Å². The number of hydrogen-bond donors (Lipinski definition) is 0. The van der Waals surface area contributed by atoms with Crippen LogP contribution in [0.2, 0.25) is 0 Å². The third kappa shape index (κ3) is 3.01. The van der Waals surface area contributed by atoms with Crippen LogP contribution in [0.4, 0.5) is 4.39 Å². The van der Waals surface area contributed by atoms with Crippen LogP contribution in [0.5, 0.6) is 0 Å². The van der Waals surface area contributed by atoms with Gasteiger partial charge in [0.05, 0.1) is 6.17 Å². The van der Waals surface area contributed by atoms with E-state index in [1.165, 1.54) is 13.8 Å². The molecule has 0 saturated heterocycles. The van der Waals surface area contributed by atoms with E-state index in [0.29, 0.717) is 18.5 Å². The molecule has 0 aliphatic rings. The molecule has 0 amide bonds. The van der Waals surface area contributed by atoms with Crippen molar-refractivity contribution in [2.45, 2.75) is 33.0 Å². The van der Waals surface area contributed by atoms with Gasteiger partial charge in [-0.2, -0.15) is 0 Å². The van der Waals surface area contributed by atoms with Gasteiger partial charge in [0.25, 0.3) is 0 Å². The molecule has 1 heterocycles. The van der Waals surface area contributed by atoms with Gasteiger partial charge >= 0.3 is 0 Å². The van der Waals surface area contributed by atoms with Crippen LogP contribution in [0.15, 0.2) is 18.5 Å². The summed E-state index contributed by atoms with van der Waals surface area (Å²) in [6, 6.07) is 1.76. The Morgan fingerprint density at radius 3 is 2.85 bits per heavy atom. The average Bonchev–Trinajstić information content (AvgIpc) is 2.48. The predicted octanol–water partition coefficient (Wildman–Crippen LogP) is 2.44. The van der Waals surface area contributed by atoms with Crippen LogP contribution >= 0.6 is 0 Å². The van der Waals surface area contributed by atoms with Gasteiger partial charge in [-0.15, -0.1) is 0 Å². The van der Waals surface area contributed by atoms with Crippen LogP contribution in [-0.2, 0) is 6.54 Å². The number of nitrogens with zero attached hydrogens (tertiary/aromatic N) is 1. The van der Waals surface area contributed by atoms with Gasteiger partial charge in [-0.05, 0) is 26.3 Å². The van der Waals surface area contributed by atoms with Crippen LogP contribution in [-0.4, -0.2) is 16.5 Å². The first-order chi connectivity index (χ1) is 6.09. The molecule has 3 heteroatoms. The first kappa shape index (κ1) is 9.96. The minimum absolute atomic E-state index is 0.0482. The van der Waals surface area contributed by atoms with Crippen molar-refractivity contribution in [1.29, 1.82) is 0 Å². The highest BCUT2D eigenvalue weighted by molar-refractivity contribution is 5.93. The predicted molar refractivity (Wildman–Crippen MR) is 49.6 cm³/mol. The Kier molecular flexibility index (Phi) is 3.23. The van der Waals surface area contributed by atoms with Crippen molar-refractivity contribution >= 4 is 5.78 Å². The zero-order chi connectivity index (χ0) is 9.84. The molecule has 0 aliphatic carbocycles. The van der Waals surface area contributed by atoms with Crippen molar-refractivity contribution in [2.24, 2.45) is 0 Å². The fraction of sp³-hybridized carbons (Fsp3) is 0.500. The van der Waals surface area contributed by atoms with Gasteiger partial charge in [0, 0.05) is 24.5 Å². The van der Waals surface area contributed by atoms with E-state index < -0.39 is 6.17 Å². The number of Topliss-reactive ketones (excluding diaryl/α,β-unsaturated/α-hetero) is 1. The van der Waals surface area contributed by atoms with Gasteiger partial charge in [0.2, 0.25) is 0 Å². The second-order valence-corrected chi connectivity index (χ2v) is 3.26. The Balaban J connectivity index is 2.54. The number of rotatable bonds is 4. The number of halogens is 1. The molecule has 1 rings (SSSR count). The average molecular weight is 183 g/mol. The van der Waals surface area contributed by atoms with E-state index in [2.05, 4.69) is 0 Å². The number of alkyl halides is 1. The van der Waals surface area contributed by atoms with Crippen molar-refractivity contribution < 1.29 is 9.18 Å². The molecule has 13 heavy (non-hydrogen) atoms. The lowest BCUT2D eigenvalue weighted by atomic mass is 10.2. The smallest absolute Gasteiger partial charge is 0.161 e. The van der Waals surface area contributed by atoms with Gasteiger partial charge in [-0.25, -0.2) is 4.39 Å². The quantitative estimate of drug-likeness (QED) is 0.657. The van der Waals surface area contributed by atoms with Crippen molar-refractivity contribution in [1.82, 2.24) is 4.57 Å². The number of carbonyl (C=O) groups excluding carboxylic acids is 1. The molecule has 1 unspecified atom stereocenters. The standard InChI is InChI=1S/C10H14FNO/c1-8(11)3-5-12-6-4-10(7-12)9(2)13/h4,6-8H,3,5H2,1-2H3. The van der Waals surface area contributed by atoms with Gasteiger partial charge in [0.15, 0.2) is 5.78 Å². The number of carbonyl (C=O) groups is 1. The van der Waals surface area contributed by atoms with E-state index in [4.69, 9.17) is 0 Å². The highest BCUT2D eigenvalue weighted by Gasteiger charge is 2.02. The van der Waals surface area contributed by atoms with Crippen LogP contribution in [0, 0.1) is 0 Å². The summed E-state index contributed by atoms with van der Waals surface area (Å²) in [5, 5.41) is 0. The van der Waals surface area contributed by atoms with Gasteiger partial charge in [-0.3, -0.25) is 4.79 Å². The Morgan fingerprint density at radius 2 is 2.38 bits per heavy atom. The summed E-state index contributed by atoms with van der Waals surface area (Å²) >= 11 is 0. The molecule has 0 aliphatic heterocycles. The molecule has 0 N–H and O–H groups in total. The first-order valence-electron chi connectivity index (χ1n) is 4.40. The molecule has 1 aromatic rings. The van der Waals surface area contributed by atoms with Crippen molar-refractivity contribution in [3.8, 4) is 0 Å². The maximum Gasteiger partial charge on any atom is 0.161 e. The molecule has 0 bridgehead atoms. The molecule has 0 radical (unpaired) electrons. The van der Waals surface area contributed by atoms with Crippen LogP contribution in [0.3, 0.4) is 0 Å². The molecule has 0 saturated carbocycles. The maximum absolute atomic E-state index is 12.5. The fourth-order valence-corrected chi connectivity index (χ4v) is 1.12. The third-order valence-electron chi connectivity index (χ3n) is 1.94. The fourth-order valence-electron chi connectivity index (χ4n) is 1.12. The van der Waals surface area contributed by atoms with E-state index in [0.717, 1.165) is 0 Å². The number of aryl methyl sites for hydroxylation is 1. The van der Waals surface area contributed by atoms with Gasteiger partial charge in [-0.1, -0.05) is 0 Å². The monoisotopic (exact) mass is 183 g/mol. The highest BCUT2D eigenvalue weighted by atomic mass is 19.1. The van der Waals surface area contributed by atoms with E-state index in [9.17, 15) is 9.18 Å². The lowest BCUT2D eigenvalue weighted by Gasteiger charge is -2.02. The van der Waals surface area contributed by atoms with E-state index in [-0.39, 0.29) is 5.78 Å². The molecular weight excluding hydrogens is 169 g/mol. The minimum atomic E-state index is -0.789. The summed E-state index contributed by atoms with van der Waals surface area (Å²) in [5.74, 6) is 0.0482. The topological polar surface area (TPSA) is 22.0 Å². The number of ketones is 1. The molecule has 0 spiro atoms. The first-order valence-corrected chi connectivity index (χ1v) is 4.40.